The van der Waals surface area contributed by atoms with Gasteiger partial charge in [-0.3, -0.25) is 4.79 Å². The van der Waals surface area contributed by atoms with E-state index >= 15 is 0 Å². The normalized spacial score (nSPS) is 21.3. The maximum absolute atomic E-state index is 13.1. The van der Waals surface area contributed by atoms with Crippen molar-refractivity contribution < 1.29 is 4.79 Å². The van der Waals surface area contributed by atoms with Crippen LogP contribution >= 0.6 is 31.9 Å². The first-order valence-electron chi connectivity index (χ1n) is 9.82. The summed E-state index contributed by atoms with van der Waals surface area (Å²) in [5.74, 6) is 0.744. The summed E-state index contributed by atoms with van der Waals surface area (Å²) in [6, 6.07) is 17.2. The van der Waals surface area contributed by atoms with Crippen LogP contribution in [0.25, 0.3) is 0 Å². The van der Waals surface area contributed by atoms with Gasteiger partial charge in [0.25, 0.3) is 0 Å². The Kier molecular flexibility index (Phi) is 7.35. The van der Waals surface area contributed by atoms with Crippen LogP contribution in [0.5, 0.6) is 0 Å². The van der Waals surface area contributed by atoms with Gasteiger partial charge in [0.15, 0.2) is 0 Å². The Labute approximate surface area is 185 Å². The largest absolute Gasteiger partial charge is 0.339 e. The smallest absolute Gasteiger partial charge is 0.224 e. The van der Waals surface area contributed by atoms with Gasteiger partial charge in [-0.2, -0.15) is 0 Å². The van der Waals surface area contributed by atoms with Crippen LogP contribution in [-0.2, 0) is 4.79 Å². The molecule has 1 aliphatic heterocycles. The van der Waals surface area contributed by atoms with Crippen molar-refractivity contribution in [2.45, 2.75) is 44.2 Å². The van der Waals surface area contributed by atoms with E-state index in [1.54, 1.807) is 0 Å². The number of nitrogens with zero attached hydrogens (tertiary/aromatic N) is 2. The summed E-state index contributed by atoms with van der Waals surface area (Å²) in [6.45, 7) is 3.12. The molecule has 1 heterocycles. The van der Waals surface area contributed by atoms with Crippen LogP contribution < -0.4 is 0 Å². The van der Waals surface area contributed by atoms with E-state index in [9.17, 15) is 4.79 Å². The van der Waals surface area contributed by atoms with Crippen molar-refractivity contribution >= 4 is 37.8 Å². The molecular formula is C23H28Br2N2O. The monoisotopic (exact) mass is 506 g/mol. The fourth-order valence-electron chi connectivity index (χ4n) is 4.04. The third-order valence-corrected chi connectivity index (χ3v) is 6.95. The maximum Gasteiger partial charge on any atom is 0.224 e. The van der Waals surface area contributed by atoms with Crippen molar-refractivity contribution in [2.75, 3.05) is 20.6 Å². The molecule has 3 unspecified atom stereocenters. The van der Waals surface area contributed by atoms with Gasteiger partial charge >= 0.3 is 0 Å². The molecule has 0 spiro atoms. The highest BCUT2D eigenvalue weighted by Gasteiger charge is 2.30. The van der Waals surface area contributed by atoms with Crippen LogP contribution in [0.1, 0.15) is 49.3 Å². The third-order valence-electron chi connectivity index (χ3n) is 6.03. The molecule has 1 saturated heterocycles. The van der Waals surface area contributed by atoms with Crippen LogP contribution in [0.3, 0.4) is 0 Å². The maximum atomic E-state index is 13.1. The van der Waals surface area contributed by atoms with Crippen molar-refractivity contribution in [1.82, 2.24) is 9.80 Å². The Morgan fingerprint density at radius 2 is 1.82 bits per heavy atom. The first-order chi connectivity index (χ1) is 13.3. The number of hydrogen-bond acceptors (Lipinski definition) is 2. The Morgan fingerprint density at radius 1 is 1.18 bits per heavy atom. The quantitative estimate of drug-likeness (QED) is 0.495. The van der Waals surface area contributed by atoms with Crippen LogP contribution in [0, 0.1) is 0 Å². The topological polar surface area (TPSA) is 23.6 Å². The van der Waals surface area contributed by atoms with Gasteiger partial charge in [0.2, 0.25) is 5.91 Å². The van der Waals surface area contributed by atoms with E-state index in [4.69, 9.17) is 0 Å². The molecule has 2 aromatic rings. The number of piperidine rings is 1. The second-order valence-electron chi connectivity index (χ2n) is 7.85. The molecule has 2 aromatic carbocycles. The predicted octanol–water partition coefficient (Wildman–Crippen LogP) is 6.00. The second-order valence-corrected chi connectivity index (χ2v) is 9.69. The molecule has 0 saturated carbocycles. The highest BCUT2D eigenvalue weighted by atomic mass is 79.9. The molecule has 1 fully saturated rings. The summed E-state index contributed by atoms with van der Waals surface area (Å²) in [6.07, 6.45) is 2.76. The molecule has 0 aromatic heterocycles. The van der Waals surface area contributed by atoms with Crippen molar-refractivity contribution in [3.8, 4) is 0 Å². The standard InChI is InChI=1S/C23H28Br2N2O/c1-16(19-11-20(24)14-21(25)12-19)27(3)23(28)15-22-13-18(9-10-26(22)2)17-7-5-4-6-8-17/h4-8,11-12,14,16,18,22H,9-10,13,15H2,1-3H3. The minimum absolute atomic E-state index is 0.0279. The Hall–Kier alpha value is -1.17. The van der Waals surface area contributed by atoms with E-state index in [0.717, 1.165) is 33.9 Å². The van der Waals surface area contributed by atoms with E-state index in [1.807, 2.05) is 18.0 Å². The molecule has 28 heavy (non-hydrogen) atoms. The SMILES string of the molecule is CC(c1cc(Br)cc(Br)c1)N(C)C(=O)CC1CC(c2ccccc2)CCN1C. The molecule has 0 radical (unpaired) electrons. The average molecular weight is 508 g/mol. The van der Waals surface area contributed by atoms with Gasteiger partial charge < -0.3 is 9.80 Å². The number of carbonyl (C=O) groups excluding carboxylic acids is 1. The Morgan fingerprint density at radius 3 is 2.46 bits per heavy atom. The van der Waals surface area contributed by atoms with E-state index < -0.39 is 0 Å². The minimum Gasteiger partial charge on any atom is -0.339 e. The second kappa shape index (κ2) is 9.55. The fraction of sp³-hybridized carbons (Fsp3) is 0.435. The van der Waals surface area contributed by atoms with Gasteiger partial charge in [-0.15, -0.1) is 0 Å². The lowest BCUT2D eigenvalue weighted by Gasteiger charge is -2.38. The van der Waals surface area contributed by atoms with Gasteiger partial charge in [0.05, 0.1) is 6.04 Å². The van der Waals surface area contributed by atoms with Crippen molar-refractivity contribution in [2.24, 2.45) is 0 Å². The highest BCUT2D eigenvalue weighted by molar-refractivity contribution is 9.11. The fourth-order valence-corrected chi connectivity index (χ4v) is 5.37. The van der Waals surface area contributed by atoms with Gasteiger partial charge in [0.1, 0.15) is 0 Å². The predicted molar refractivity (Wildman–Crippen MR) is 122 cm³/mol. The number of amides is 1. The summed E-state index contributed by atoms with van der Waals surface area (Å²) < 4.78 is 2.03. The van der Waals surface area contributed by atoms with Gasteiger partial charge in [-0.1, -0.05) is 62.2 Å². The first-order valence-corrected chi connectivity index (χ1v) is 11.4. The zero-order valence-electron chi connectivity index (χ0n) is 16.7. The zero-order valence-corrected chi connectivity index (χ0v) is 19.9. The summed E-state index contributed by atoms with van der Waals surface area (Å²) in [4.78, 5) is 17.3. The number of rotatable bonds is 5. The molecule has 150 valence electrons. The molecule has 1 aliphatic rings. The van der Waals surface area contributed by atoms with Gasteiger partial charge in [0, 0.05) is 28.5 Å². The van der Waals surface area contributed by atoms with Crippen LogP contribution in [-0.4, -0.2) is 42.4 Å². The minimum atomic E-state index is 0.0279. The lowest BCUT2D eigenvalue weighted by molar-refractivity contribution is -0.133. The molecule has 3 nitrogen and oxygen atoms in total. The molecule has 3 rings (SSSR count). The van der Waals surface area contributed by atoms with Crippen LogP contribution in [0.15, 0.2) is 57.5 Å². The van der Waals surface area contributed by atoms with Gasteiger partial charge in [-0.25, -0.2) is 0 Å². The summed E-state index contributed by atoms with van der Waals surface area (Å²) >= 11 is 7.09. The van der Waals surface area contributed by atoms with Gasteiger partial charge in [-0.05, 0) is 68.6 Å². The highest BCUT2D eigenvalue weighted by Crippen LogP contribution is 2.33. The Bertz CT molecular complexity index is 791. The molecule has 0 bridgehead atoms. The zero-order chi connectivity index (χ0) is 20.3. The molecule has 0 aliphatic carbocycles. The van der Waals surface area contributed by atoms with E-state index in [1.165, 1.54) is 5.56 Å². The Balaban J connectivity index is 1.66. The number of benzene rings is 2. The lowest BCUT2D eigenvalue weighted by Crippen LogP contribution is -2.43. The van der Waals surface area contributed by atoms with E-state index in [-0.39, 0.29) is 18.0 Å². The summed E-state index contributed by atoms with van der Waals surface area (Å²) in [5.41, 5.74) is 2.52. The molecule has 3 atom stereocenters. The number of carbonyl (C=O) groups is 1. The molecule has 1 amide bonds. The van der Waals surface area contributed by atoms with E-state index in [0.29, 0.717) is 12.3 Å². The molecular weight excluding hydrogens is 480 g/mol. The van der Waals surface area contributed by atoms with E-state index in [2.05, 4.69) is 93.2 Å². The third kappa shape index (κ3) is 5.25. The average Bonchev–Trinajstić information content (AvgIpc) is 2.68. The lowest BCUT2D eigenvalue weighted by atomic mass is 9.84. The number of halogens is 2. The molecule has 5 heteroatoms. The van der Waals surface area contributed by atoms with Crippen molar-refractivity contribution in [1.29, 1.82) is 0 Å². The summed E-state index contributed by atoms with van der Waals surface area (Å²) in [5, 5.41) is 0. The van der Waals surface area contributed by atoms with Crippen molar-refractivity contribution in [3.05, 3.63) is 68.6 Å². The van der Waals surface area contributed by atoms with Crippen molar-refractivity contribution in [3.63, 3.8) is 0 Å². The molecule has 0 N–H and O–H groups in total. The summed E-state index contributed by atoms with van der Waals surface area (Å²) in [7, 11) is 4.06. The first kappa shape index (κ1) is 21.5. The van der Waals surface area contributed by atoms with Crippen LogP contribution in [0.2, 0.25) is 0 Å². The number of likely N-dealkylation sites (tertiary alicyclic amines) is 1. The van der Waals surface area contributed by atoms with Crippen LogP contribution in [0.4, 0.5) is 0 Å². The number of hydrogen-bond donors (Lipinski definition) is 0.